The average molecular weight is 214 g/mol. The minimum absolute atomic E-state index is 0.00982. The smallest absolute Gasteiger partial charge is 0.0840 e. The van der Waals surface area contributed by atoms with Gasteiger partial charge in [0.2, 0.25) is 0 Å². The fraction of sp³-hybridized carbons (Fsp3) is 0.700. The number of fused-ring (bicyclic) bond motifs is 1. The van der Waals surface area contributed by atoms with Crippen molar-refractivity contribution in [3.63, 3.8) is 0 Å². The van der Waals surface area contributed by atoms with E-state index in [1.165, 1.54) is 0 Å². The molecule has 0 N–H and O–H groups in total. The van der Waals surface area contributed by atoms with Gasteiger partial charge in [0.15, 0.2) is 0 Å². The van der Waals surface area contributed by atoms with Crippen LogP contribution in [0.15, 0.2) is 12.2 Å². The van der Waals surface area contributed by atoms with Crippen LogP contribution in [0.4, 0.5) is 0 Å². The van der Waals surface area contributed by atoms with Crippen molar-refractivity contribution in [2.24, 2.45) is 22.7 Å². The van der Waals surface area contributed by atoms with Crippen LogP contribution in [0.2, 0.25) is 0 Å². The van der Waals surface area contributed by atoms with Gasteiger partial charge in [-0.15, -0.1) is 23.2 Å². The van der Waals surface area contributed by atoms with Gasteiger partial charge >= 0.3 is 0 Å². The summed E-state index contributed by atoms with van der Waals surface area (Å²) in [6.45, 7) is 2.12. The standard InChI is InChI=1S/C10H9Cl2N/c1-9-2-3-10(4-13)5(7(9)10)6(11)8(9)12/h2-3,5-8H,1H3/t5-,6+,7?,8-,9-,10+/m1/s1. The lowest BCUT2D eigenvalue weighted by Crippen LogP contribution is -2.30. The molecule has 68 valence electrons. The van der Waals surface area contributed by atoms with Gasteiger partial charge in [-0.25, -0.2) is 0 Å². The van der Waals surface area contributed by atoms with Gasteiger partial charge in [0.25, 0.3) is 0 Å². The third-order valence-corrected chi connectivity index (χ3v) is 5.51. The fourth-order valence-corrected chi connectivity index (χ4v) is 4.38. The monoisotopic (exact) mass is 213 g/mol. The number of allylic oxidation sites excluding steroid dienone is 2. The Bertz CT molecular complexity index is 358. The molecule has 0 heterocycles. The molecule has 0 aromatic rings. The number of alkyl halides is 2. The van der Waals surface area contributed by atoms with Crippen LogP contribution in [0.3, 0.4) is 0 Å². The van der Waals surface area contributed by atoms with Crippen molar-refractivity contribution >= 4 is 23.2 Å². The Labute approximate surface area is 87.3 Å². The van der Waals surface area contributed by atoms with Gasteiger partial charge in [-0.1, -0.05) is 19.1 Å². The second kappa shape index (κ2) is 1.92. The first kappa shape index (κ1) is 8.15. The quantitative estimate of drug-likeness (QED) is 0.449. The van der Waals surface area contributed by atoms with Gasteiger partial charge in [-0.05, 0) is 5.92 Å². The van der Waals surface area contributed by atoms with E-state index >= 15 is 0 Å². The van der Waals surface area contributed by atoms with Crippen LogP contribution in [-0.2, 0) is 0 Å². The lowest BCUT2D eigenvalue weighted by atomic mass is 9.85. The van der Waals surface area contributed by atoms with E-state index in [1.54, 1.807) is 0 Å². The van der Waals surface area contributed by atoms with Crippen molar-refractivity contribution < 1.29 is 0 Å². The molecule has 3 rings (SSSR count). The first-order chi connectivity index (χ1) is 6.08. The zero-order valence-electron chi connectivity index (χ0n) is 7.17. The zero-order valence-corrected chi connectivity index (χ0v) is 8.68. The van der Waals surface area contributed by atoms with Gasteiger partial charge in [0.05, 0.1) is 22.2 Å². The summed E-state index contributed by atoms with van der Waals surface area (Å²) in [7, 11) is 0. The second-order valence-corrected chi connectivity index (χ2v) is 5.57. The van der Waals surface area contributed by atoms with E-state index in [-0.39, 0.29) is 21.6 Å². The first-order valence-electron chi connectivity index (χ1n) is 4.48. The maximum atomic E-state index is 9.10. The minimum atomic E-state index is -0.257. The van der Waals surface area contributed by atoms with E-state index in [0.29, 0.717) is 11.8 Å². The maximum Gasteiger partial charge on any atom is 0.0840 e. The molecule has 0 saturated heterocycles. The van der Waals surface area contributed by atoms with Gasteiger partial charge in [-0.3, -0.25) is 0 Å². The van der Waals surface area contributed by atoms with Crippen molar-refractivity contribution in [3.05, 3.63) is 12.2 Å². The SMILES string of the molecule is C[C@@]12C=C[C@@]3(C#N)C1[C@H]3[C@H](Cl)[C@H]2Cl. The summed E-state index contributed by atoms with van der Waals surface area (Å²) >= 11 is 12.5. The number of hydrogen-bond donors (Lipinski definition) is 0. The molecule has 13 heavy (non-hydrogen) atoms. The van der Waals surface area contributed by atoms with Crippen LogP contribution < -0.4 is 0 Å². The van der Waals surface area contributed by atoms with Crippen molar-refractivity contribution in [1.29, 1.82) is 5.26 Å². The molecule has 0 amide bonds. The molecule has 2 fully saturated rings. The summed E-state index contributed by atoms with van der Waals surface area (Å²) in [5.41, 5.74) is -0.291. The van der Waals surface area contributed by atoms with Gasteiger partial charge in [0, 0.05) is 11.3 Å². The van der Waals surface area contributed by atoms with Crippen LogP contribution in [0, 0.1) is 34.0 Å². The van der Waals surface area contributed by atoms with Crippen LogP contribution >= 0.6 is 23.2 Å². The van der Waals surface area contributed by atoms with Crippen molar-refractivity contribution in [3.8, 4) is 6.07 Å². The van der Waals surface area contributed by atoms with E-state index in [0.717, 1.165) is 0 Å². The maximum absolute atomic E-state index is 9.10. The summed E-state index contributed by atoms with van der Waals surface area (Å²) in [6, 6.07) is 2.39. The molecule has 0 radical (unpaired) electrons. The number of nitrogens with zero attached hydrogens (tertiary/aromatic N) is 1. The number of halogens is 2. The highest BCUT2D eigenvalue weighted by Crippen LogP contribution is 2.80. The predicted molar refractivity (Wildman–Crippen MR) is 51.6 cm³/mol. The normalized spacial score (nSPS) is 66.3. The van der Waals surface area contributed by atoms with Gasteiger partial charge in [0.1, 0.15) is 0 Å². The Hall–Kier alpha value is -0.190. The van der Waals surface area contributed by atoms with Crippen molar-refractivity contribution in [2.75, 3.05) is 0 Å². The highest BCUT2D eigenvalue weighted by molar-refractivity contribution is 6.31. The van der Waals surface area contributed by atoms with Gasteiger partial charge < -0.3 is 0 Å². The Balaban J connectivity index is 2.13. The molecule has 1 unspecified atom stereocenters. The molecule has 0 aromatic carbocycles. The highest BCUT2D eigenvalue weighted by Gasteiger charge is 2.81. The molecule has 0 spiro atoms. The summed E-state index contributed by atoms with van der Waals surface area (Å²) in [4.78, 5) is 0. The Morgan fingerprint density at radius 3 is 2.62 bits per heavy atom. The number of hydrogen-bond acceptors (Lipinski definition) is 1. The molecular weight excluding hydrogens is 205 g/mol. The number of rotatable bonds is 0. The van der Waals surface area contributed by atoms with E-state index in [4.69, 9.17) is 28.5 Å². The topological polar surface area (TPSA) is 23.8 Å². The summed E-state index contributed by atoms with van der Waals surface area (Å²) in [5.74, 6) is 0.687. The Kier molecular flexibility index (Phi) is 1.20. The molecule has 3 aliphatic rings. The largest absolute Gasteiger partial charge is 0.197 e. The molecule has 2 saturated carbocycles. The first-order valence-corrected chi connectivity index (χ1v) is 5.35. The van der Waals surface area contributed by atoms with Crippen LogP contribution in [-0.4, -0.2) is 10.8 Å². The molecule has 6 atom stereocenters. The van der Waals surface area contributed by atoms with Crippen LogP contribution in [0.25, 0.3) is 0 Å². The van der Waals surface area contributed by atoms with Crippen LogP contribution in [0.1, 0.15) is 6.92 Å². The summed E-state index contributed by atoms with van der Waals surface area (Å²) in [6.07, 6.45) is 4.12. The lowest BCUT2D eigenvalue weighted by molar-refractivity contribution is 0.377. The zero-order chi connectivity index (χ0) is 9.43. The molecule has 3 heteroatoms. The minimum Gasteiger partial charge on any atom is -0.197 e. The molecule has 0 aliphatic heterocycles. The summed E-state index contributed by atoms with van der Waals surface area (Å²) < 4.78 is 0. The van der Waals surface area contributed by atoms with Crippen LogP contribution in [0.5, 0.6) is 0 Å². The van der Waals surface area contributed by atoms with E-state index in [2.05, 4.69) is 19.1 Å². The highest BCUT2D eigenvalue weighted by atomic mass is 35.5. The molecular formula is C10H9Cl2N. The average Bonchev–Trinajstić information content (AvgIpc) is 2.68. The van der Waals surface area contributed by atoms with Crippen molar-refractivity contribution in [2.45, 2.75) is 17.7 Å². The molecule has 0 bridgehead atoms. The van der Waals surface area contributed by atoms with E-state index in [1.807, 2.05) is 6.08 Å². The third-order valence-electron chi connectivity index (χ3n) is 4.12. The molecule has 0 aromatic heterocycles. The second-order valence-electron chi connectivity index (χ2n) is 4.59. The van der Waals surface area contributed by atoms with Crippen molar-refractivity contribution in [1.82, 2.24) is 0 Å². The fourth-order valence-electron chi connectivity index (χ4n) is 3.39. The van der Waals surface area contributed by atoms with E-state index in [9.17, 15) is 0 Å². The summed E-state index contributed by atoms with van der Waals surface area (Å²) in [5, 5.41) is 9.06. The lowest BCUT2D eigenvalue weighted by Gasteiger charge is -2.26. The third kappa shape index (κ3) is 0.592. The molecule has 1 nitrogen and oxygen atoms in total. The predicted octanol–water partition coefficient (Wildman–Crippen LogP) is 2.55. The Morgan fingerprint density at radius 1 is 1.38 bits per heavy atom. The number of nitriles is 1. The van der Waals surface area contributed by atoms with Gasteiger partial charge in [-0.2, -0.15) is 5.26 Å². The van der Waals surface area contributed by atoms with E-state index < -0.39 is 0 Å². The molecule has 3 aliphatic carbocycles. The Morgan fingerprint density at radius 2 is 2.08 bits per heavy atom.